The fraction of sp³-hybridized carbons (Fsp3) is 0.304. The van der Waals surface area contributed by atoms with Gasteiger partial charge < -0.3 is 15.2 Å². The molecule has 0 saturated heterocycles. The second kappa shape index (κ2) is 9.12. The van der Waals surface area contributed by atoms with Crippen LogP contribution in [0.4, 0.5) is 23.2 Å². The summed E-state index contributed by atoms with van der Waals surface area (Å²) in [7, 11) is 1.79. The average molecular weight is 449 g/mol. The van der Waals surface area contributed by atoms with E-state index in [1.165, 1.54) is 0 Å². The molecule has 0 saturated carbocycles. The van der Waals surface area contributed by atoms with Crippen LogP contribution in [0, 0.1) is 12.7 Å². The molecule has 1 atom stereocenters. The molecule has 0 aliphatic heterocycles. The van der Waals surface area contributed by atoms with Crippen molar-refractivity contribution >= 4 is 22.4 Å². The Bertz CT molecular complexity index is 1220. The van der Waals surface area contributed by atoms with Gasteiger partial charge in [-0.05, 0) is 56.3 Å². The van der Waals surface area contributed by atoms with Crippen LogP contribution in [0.1, 0.15) is 29.7 Å². The molecule has 3 aromatic rings. The smallest absolute Gasteiger partial charge is 0.325 e. The second-order valence-electron chi connectivity index (χ2n) is 7.69. The maximum absolute atomic E-state index is 13.8. The maximum Gasteiger partial charge on any atom is 0.419 e. The number of anilines is 1. The highest BCUT2D eigenvalue weighted by atomic mass is 19.4. The van der Waals surface area contributed by atoms with Crippen LogP contribution in [0.5, 0.6) is 0 Å². The summed E-state index contributed by atoms with van der Waals surface area (Å²) in [4.78, 5) is 25.5. The van der Waals surface area contributed by atoms with Gasteiger partial charge in [-0.3, -0.25) is 9.59 Å². The van der Waals surface area contributed by atoms with Crippen molar-refractivity contribution < 1.29 is 22.4 Å². The Balaban J connectivity index is 1.89. The normalized spacial score (nSPS) is 12.7. The molecule has 0 aliphatic carbocycles. The number of hydrogen-bond acceptors (Lipinski definition) is 3. The number of nitrogens with one attached hydrogen (secondary N) is 2. The van der Waals surface area contributed by atoms with Gasteiger partial charge in [-0.15, -0.1) is 0 Å². The van der Waals surface area contributed by atoms with Crippen LogP contribution in [-0.4, -0.2) is 24.1 Å². The van der Waals surface area contributed by atoms with Crippen molar-refractivity contribution in [2.24, 2.45) is 0 Å². The molecule has 5 nitrogen and oxygen atoms in total. The van der Waals surface area contributed by atoms with Gasteiger partial charge in [0, 0.05) is 29.6 Å². The largest absolute Gasteiger partial charge is 0.419 e. The number of alkyl halides is 3. The van der Waals surface area contributed by atoms with Crippen LogP contribution < -0.4 is 16.2 Å². The lowest BCUT2D eigenvalue weighted by Gasteiger charge is -2.17. The second-order valence-corrected chi connectivity index (χ2v) is 7.69. The fourth-order valence-corrected chi connectivity index (χ4v) is 3.62. The first-order valence-electron chi connectivity index (χ1n) is 9.97. The number of nitrogens with zero attached hydrogens (tertiary/aromatic N) is 1. The predicted octanol–water partition coefficient (Wildman–Crippen LogP) is 4.43. The molecule has 2 N–H and O–H groups in total. The number of halogens is 4. The van der Waals surface area contributed by atoms with E-state index in [0.717, 1.165) is 6.07 Å². The topological polar surface area (TPSA) is 63.1 Å². The van der Waals surface area contributed by atoms with Gasteiger partial charge in [-0.25, -0.2) is 4.39 Å². The number of hydrogen-bond donors (Lipinski definition) is 2. The summed E-state index contributed by atoms with van der Waals surface area (Å²) in [6, 6.07) is 7.47. The third kappa shape index (κ3) is 4.83. The Hall–Kier alpha value is -3.20. The Morgan fingerprint density at radius 3 is 2.47 bits per heavy atom. The average Bonchev–Trinajstić information content (AvgIpc) is 2.69. The number of benzene rings is 2. The van der Waals surface area contributed by atoms with Crippen LogP contribution in [0.3, 0.4) is 0 Å². The van der Waals surface area contributed by atoms with Crippen LogP contribution in [0.2, 0.25) is 0 Å². The summed E-state index contributed by atoms with van der Waals surface area (Å²) in [5.74, 6) is -1.96. The lowest BCUT2D eigenvalue weighted by molar-refractivity contribution is -0.140. The molecule has 9 heteroatoms. The van der Waals surface area contributed by atoms with Gasteiger partial charge >= 0.3 is 6.18 Å². The van der Waals surface area contributed by atoms with E-state index in [0.29, 0.717) is 40.7 Å². The molecule has 1 heterocycles. The van der Waals surface area contributed by atoms with E-state index in [2.05, 4.69) is 10.6 Å². The standard InChI is InChI=1S/C23H23F4N3O2/c1-13-4-6-17-16(8-9-30(22(17)32)14(2)12-28-3)21(13)29-20(31)11-15-5-7-18(19(24)10-15)23(25,26)27/h4-10,14,28H,11-12H2,1-3H3,(H,29,31)/t14-/m1/s1. The van der Waals surface area contributed by atoms with Crippen molar-refractivity contribution in [2.45, 2.75) is 32.5 Å². The van der Waals surface area contributed by atoms with Gasteiger partial charge in [0.25, 0.3) is 5.56 Å². The molecule has 1 aromatic heterocycles. The van der Waals surface area contributed by atoms with Gasteiger partial charge in [0.15, 0.2) is 0 Å². The van der Waals surface area contributed by atoms with E-state index >= 15 is 0 Å². The van der Waals surface area contributed by atoms with Crippen LogP contribution in [0.15, 0.2) is 47.4 Å². The number of aromatic nitrogens is 1. The first-order valence-corrected chi connectivity index (χ1v) is 9.97. The zero-order valence-corrected chi connectivity index (χ0v) is 17.8. The number of carbonyl (C=O) groups is 1. The SMILES string of the molecule is CNC[C@@H](C)n1ccc2c(NC(=O)Cc3ccc(C(F)(F)F)c(F)c3)c(C)ccc2c1=O. The molecule has 0 spiro atoms. The lowest BCUT2D eigenvalue weighted by atomic mass is 10.0. The maximum atomic E-state index is 13.8. The van der Waals surface area contributed by atoms with E-state index in [1.807, 2.05) is 6.92 Å². The van der Waals surface area contributed by atoms with Crippen LogP contribution >= 0.6 is 0 Å². The van der Waals surface area contributed by atoms with E-state index in [1.54, 1.807) is 42.9 Å². The molecular formula is C23H23F4N3O2. The van der Waals surface area contributed by atoms with Crippen molar-refractivity contribution in [3.63, 3.8) is 0 Å². The molecule has 0 bridgehead atoms. The number of carbonyl (C=O) groups excluding carboxylic acids is 1. The first kappa shape index (κ1) is 23.5. The van der Waals surface area contributed by atoms with Crippen molar-refractivity contribution in [3.05, 3.63) is 75.5 Å². The Labute approximate surface area is 182 Å². The quantitative estimate of drug-likeness (QED) is 0.548. The Morgan fingerprint density at radius 2 is 1.84 bits per heavy atom. The summed E-state index contributed by atoms with van der Waals surface area (Å²) in [6.07, 6.45) is -3.46. The highest BCUT2D eigenvalue weighted by Crippen LogP contribution is 2.32. The van der Waals surface area contributed by atoms with Crippen LogP contribution in [0.25, 0.3) is 10.8 Å². The molecule has 1 amide bonds. The third-order valence-electron chi connectivity index (χ3n) is 5.26. The number of pyridine rings is 1. The molecule has 0 aliphatic rings. The number of fused-ring (bicyclic) bond motifs is 1. The van der Waals surface area contributed by atoms with Gasteiger partial charge in [-0.1, -0.05) is 12.1 Å². The van der Waals surface area contributed by atoms with E-state index in [9.17, 15) is 27.2 Å². The molecule has 0 unspecified atom stereocenters. The van der Waals surface area contributed by atoms with Crippen molar-refractivity contribution in [3.8, 4) is 0 Å². The fourth-order valence-electron chi connectivity index (χ4n) is 3.62. The summed E-state index contributed by atoms with van der Waals surface area (Å²) >= 11 is 0. The van der Waals surface area contributed by atoms with E-state index in [-0.39, 0.29) is 23.6 Å². The van der Waals surface area contributed by atoms with Gasteiger partial charge in [0.1, 0.15) is 5.82 Å². The monoisotopic (exact) mass is 449 g/mol. The molecule has 0 fully saturated rings. The minimum Gasteiger partial charge on any atom is -0.325 e. The van der Waals surface area contributed by atoms with Gasteiger partial charge in [0.05, 0.1) is 17.7 Å². The summed E-state index contributed by atoms with van der Waals surface area (Å²) in [5.41, 5.74) is -0.328. The third-order valence-corrected chi connectivity index (χ3v) is 5.26. The molecule has 0 radical (unpaired) electrons. The summed E-state index contributed by atoms with van der Waals surface area (Å²) in [5, 5.41) is 6.72. The summed E-state index contributed by atoms with van der Waals surface area (Å²) < 4.78 is 53.6. The lowest BCUT2D eigenvalue weighted by Crippen LogP contribution is -2.29. The highest BCUT2D eigenvalue weighted by molar-refractivity contribution is 6.03. The number of rotatable bonds is 6. The van der Waals surface area contributed by atoms with Crippen molar-refractivity contribution in [1.29, 1.82) is 0 Å². The van der Waals surface area contributed by atoms with Crippen LogP contribution in [-0.2, 0) is 17.4 Å². The molecule has 2 aromatic carbocycles. The molecule has 3 rings (SSSR count). The van der Waals surface area contributed by atoms with Crippen molar-refractivity contribution in [2.75, 3.05) is 18.9 Å². The zero-order valence-electron chi connectivity index (χ0n) is 17.8. The molecule has 170 valence electrons. The molecule has 32 heavy (non-hydrogen) atoms. The minimum atomic E-state index is -4.80. The highest BCUT2D eigenvalue weighted by Gasteiger charge is 2.34. The Kier molecular flexibility index (Phi) is 6.68. The van der Waals surface area contributed by atoms with E-state index < -0.39 is 23.5 Å². The molecular weight excluding hydrogens is 426 g/mol. The zero-order chi connectivity index (χ0) is 23.6. The van der Waals surface area contributed by atoms with Gasteiger partial charge in [0.2, 0.25) is 5.91 Å². The van der Waals surface area contributed by atoms with Gasteiger partial charge in [-0.2, -0.15) is 13.2 Å². The van der Waals surface area contributed by atoms with E-state index in [4.69, 9.17) is 0 Å². The van der Waals surface area contributed by atoms with Crippen molar-refractivity contribution in [1.82, 2.24) is 9.88 Å². The number of amides is 1. The minimum absolute atomic E-state index is 0.0780. The Morgan fingerprint density at radius 1 is 1.12 bits per heavy atom. The number of aryl methyl sites for hydroxylation is 1. The summed E-state index contributed by atoms with van der Waals surface area (Å²) in [6.45, 7) is 4.27. The predicted molar refractivity (Wildman–Crippen MR) is 115 cm³/mol. The number of likely N-dealkylation sites (N-methyl/N-ethyl adjacent to an activating group) is 1. The first-order chi connectivity index (χ1) is 15.0.